The first-order chi connectivity index (χ1) is 9.16. The highest BCUT2D eigenvalue weighted by atomic mass is 35.5. The summed E-state index contributed by atoms with van der Waals surface area (Å²) in [6.07, 6.45) is 2.90. The zero-order valence-corrected chi connectivity index (χ0v) is 13.4. The lowest BCUT2D eigenvalue weighted by atomic mass is 9.92. The third kappa shape index (κ3) is 4.78. The van der Waals surface area contributed by atoms with E-state index in [2.05, 4.69) is 42.2 Å². The molecule has 0 spiro atoms. The summed E-state index contributed by atoms with van der Waals surface area (Å²) in [6.45, 7) is 1.03. The van der Waals surface area contributed by atoms with Crippen molar-refractivity contribution in [1.29, 1.82) is 0 Å². The van der Waals surface area contributed by atoms with Crippen LogP contribution in [0.1, 0.15) is 23.6 Å². The van der Waals surface area contributed by atoms with Crippen LogP contribution in [0.2, 0.25) is 5.02 Å². The van der Waals surface area contributed by atoms with Gasteiger partial charge in [-0.2, -0.15) is 0 Å². The summed E-state index contributed by atoms with van der Waals surface area (Å²) in [4.78, 5) is 6.70. The van der Waals surface area contributed by atoms with Gasteiger partial charge in [0, 0.05) is 22.8 Å². The smallest absolute Gasteiger partial charge is 0.0478 e. The Hall–Kier alpha value is -1.09. The Bertz CT molecular complexity index is 498. The molecule has 0 N–H and O–H groups in total. The van der Waals surface area contributed by atoms with Gasteiger partial charge in [0.15, 0.2) is 0 Å². The molecule has 108 valence electrons. The van der Waals surface area contributed by atoms with E-state index >= 15 is 0 Å². The minimum Gasteiger partial charge on any atom is -0.309 e. The van der Waals surface area contributed by atoms with Gasteiger partial charge in [0.25, 0.3) is 0 Å². The predicted octanol–water partition coefficient (Wildman–Crippen LogP) is 4.24. The van der Waals surface area contributed by atoms with Crippen molar-refractivity contribution in [2.45, 2.75) is 12.3 Å². The number of pyridine rings is 1. The van der Waals surface area contributed by atoms with Gasteiger partial charge in [-0.05, 0) is 56.9 Å². The van der Waals surface area contributed by atoms with Crippen LogP contribution in [-0.4, -0.2) is 30.5 Å². The van der Waals surface area contributed by atoms with Crippen molar-refractivity contribution in [3.05, 3.63) is 64.9 Å². The molecule has 20 heavy (non-hydrogen) atoms. The maximum Gasteiger partial charge on any atom is 0.0478 e. The molecule has 1 atom stereocenters. The molecule has 0 unspecified atom stereocenters. The first-order valence-electron chi connectivity index (χ1n) is 6.48. The van der Waals surface area contributed by atoms with Crippen molar-refractivity contribution in [2.75, 3.05) is 20.6 Å². The van der Waals surface area contributed by atoms with Crippen LogP contribution in [0.5, 0.6) is 0 Å². The lowest BCUT2D eigenvalue weighted by Gasteiger charge is -2.19. The van der Waals surface area contributed by atoms with Crippen LogP contribution < -0.4 is 0 Å². The molecule has 4 heteroatoms. The van der Waals surface area contributed by atoms with Crippen LogP contribution in [0, 0.1) is 0 Å². The summed E-state index contributed by atoms with van der Waals surface area (Å²) in [5.41, 5.74) is 2.39. The molecule has 0 aliphatic carbocycles. The number of nitrogens with zero attached hydrogens (tertiary/aromatic N) is 2. The Labute approximate surface area is 132 Å². The van der Waals surface area contributed by atoms with Crippen molar-refractivity contribution in [1.82, 2.24) is 9.88 Å². The highest BCUT2D eigenvalue weighted by Gasteiger charge is 2.15. The van der Waals surface area contributed by atoms with Crippen molar-refractivity contribution in [3.63, 3.8) is 0 Å². The number of hydrogen-bond donors (Lipinski definition) is 0. The molecule has 0 amide bonds. The van der Waals surface area contributed by atoms with Gasteiger partial charge >= 0.3 is 0 Å². The van der Waals surface area contributed by atoms with Crippen LogP contribution in [0.4, 0.5) is 0 Å². The summed E-state index contributed by atoms with van der Waals surface area (Å²) in [5.74, 6) is 0.320. The number of rotatable bonds is 5. The van der Waals surface area contributed by atoms with E-state index in [0.29, 0.717) is 5.92 Å². The first-order valence-corrected chi connectivity index (χ1v) is 6.86. The highest BCUT2D eigenvalue weighted by Crippen LogP contribution is 2.27. The second-order valence-corrected chi connectivity index (χ2v) is 5.39. The number of benzene rings is 1. The summed E-state index contributed by atoms with van der Waals surface area (Å²) in [6, 6.07) is 14.2. The monoisotopic (exact) mass is 310 g/mol. The molecule has 2 aromatic rings. The van der Waals surface area contributed by atoms with E-state index in [1.165, 1.54) is 5.56 Å². The number of hydrogen-bond acceptors (Lipinski definition) is 2. The van der Waals surface area contributed by atoms with E-state index in [4.69, 9.17) is 11.6 Å². The van der Waals surface area contributed by atoms with E-state index in [-0.39, 0.29) is 12.4 Å². The first kappa shape index (κ1) is 17.0. The standard InChI is InChI=1S/C16H19ClN2.ClH/c1-19(2)12-10-15(16-5-3-4-11-18-16)13-6-8-14(17)9-7-13;/h3-9,11,15H,10,12H2,1-2H3;1H/t15-;/m0./s1. The molecular weight excluding hydrogens is 291 g/mol. The van der Waals surface area contributed by atoms with Crippen LogP contribution in [0.3, 0.4) is 0 Å². The minimum absolute atomic E-state index is 0. The third-order valence-electron chi connectivity index (χ3n) is 3.18. The molecule has 0 radical (unpaired) electrons. The van der Waals surface area contributed by atoms with Gasteiger partial charge in [-0.3, -0.25) is 4.98 Å². The lowest BCUT2D eigenvalue weighted by molar-refractivity contribution is 0.389. The Kier molecular flexibility index (Phi) is 7.00. The molecule has 1 aromatic heterocycles. The maximum absolute atomic E-state index is 5.97. The van der Waals surface area contributed by atoms with Crippen molar-refractivity contribution >= 4 is 24.0 Å². The maximum atomic E-state index is 5.97. The molecule has 2 nitrogen and oxygen atoms in total. The highest BCUT2D eigenvalue weighted by molar-refractivity contribution is 6.30. The second-order valence-electron chi connectivity index (χ2n) is 4.95. The van der Waals surface area contributed by atoms with Crippen molar-refractivity contribution < 1.29 is 0 Å². The largest absolute Gasteiger partial charge is 0.309 e. The van der Waals surface area contributed by atoms with Gasteiger partial charge in [0.05, 0.1) is 0 Å². The Morgan fingerprint density at radius 1 is 1.10 bits per heavy atom. The van der Waals surface area contributed by atoms with Gasteiger partial charge < -0.3 is 4.90 Å². The zero-order chi connectivity index (χ0) is 13.7. The van der Waals surface area contributed by atoms with Gasteiger partial charge in [0.1, 0.15) is 0 Å². The molecule has 0 saturated heterocycles. The summed E-state index contributed by atoms with van der Waals surface area (Å²) in [5, 5.41) is 0.774. The number of halogens is 2. The topological polar surface area (TPSA) is 16.1 Å². The van der Waals surface area contributed by atoms with Gasteiger partial charge in [-0.25, -0.2) is 0 Å². The predicted molar refractivity (Wildman–Crippen MR) is 88.0 cm³/mol. The third-order valence-corrected chi connectivity index (χ3v) is 3.43. The quantitative estimate of drug-likeness (QED) is 0.821. The average Bonchev–Trinajstić information content (AvgIpc) is 2.42. The summed E-state index contributed by atoms with van der Waals surface area (Å²) < 4.78 is 0. The Morgan fingerprint density at radius 3 is 2.35 bits per heavy atom. The average molecular weight is 311 g/mol. The van der Waals surface area contributed by atoms with E-state index in [1.807, 2.05) is 30.5 Å². The Morgan fingerprint density at radius 2 is 1.80 bits per heavy atom. The molecule has 0 saturated carbocycles. The molecule has 0 fully saturated rings. The summed E-state index contributed by atoms with van der Waals surface area (Å²) in [7, 11) is 4.19. The molecule has 1 heterocycles. The van der Waals surface area contributed by atoms with E-state index in [0.717, 1.165) is 23.7 Å². The minimum atomic E-state index is 0. The van der Waals surface area contributed by atoms with E-state index in [1.54, 1.807) is 0 Å². The zero-order valence-electron chi connectivity index (χ0n) is 11.8. The molecule has 0 aliphatic rings. The fraction of sp³-hybridized carbons (Fsp3) is 0.312. The van der Waals surface area contributed by atoms with Gasteiger partial charge in [-0.1, -0.05) is 29.8 Å². The summed E-state index contributed by atoms with van der Waals surface area (Å²) >= 11 is 5.97. The Balaban J connectivity index is 0.00000200. The molecule has 2 rings (SSSR count). The van der Waals surface area contributed by atoms with Crippen molar-refractivity contribution in [3.8, 4) is 0 Å². The molecule has 0 bridgehead atoms. The molecule has 0 aliphatic heterocycles. The van der Waals surface area contributed by atoms with Gasteiger partial charge in [-0.15, -0.1) is 12.4 Å². The van der Waals surface area contributed by atoms with Crippen LogP contribution in [0.15, 0.2) is 48.7 Å². The van der Waals surface area contributed by atoms with Crippen molar-refractivity contribution in [2.24, 2.45) is 0 Å². The fourth-order valence-electron chi connectivity index (χ4n) is 2.15. The van der Waals surface area contributed by atoms with Crippen LogP contribution in [-0.2, 0) is 0 Å². The number of aromatic nitrogens is 1. The normalized spacial score (nSPS) is 12.0. The lowest BCUT2D eigenvalue weighted by Crippen LogP contribution is -2.17. The van der Waals surface area contributed by atoms with Gasteiger partial charge in [0.2, 0.25) is 0 Å². The van der Waals surface area contributed by atoms with Crippen LogP contribution in [0.25, 0.3) is 0 Å². The SMILES string of the molecule is CN(C)CC[C@@H](c1ccc(Cl)cc1)c1ccccn1.Cl. The molecule has 1 aromatic carbocycles. The molecular formula is C16H20Cl2N2. The second kappa shape index (κ2) is 8.25. The van der Waals surface area contributed by atoms with Crippen LogP contribution >= 0.6 is 24.0 Å². The fourth-order valence-corrected chi connectivity index (χ4v) is 2.28. The van der Waals surface area contributed by atoms with E-state index < -0.39 is 0 Å². The van der Waals surface area contributed by atoms with E-state index in [9.17, 15) is 0 Å².